The molecular formula is C21H27IN2O5. The summed E-state index contributed by atoms with van der Waals surface area (Å²) < 4.78 is 12.7. The van der Waals surface area contributed by atoms with Gasteiger partial charge in [0.15, 0.2) is 12.4 Å². The molecule has 158 valence electrons. The molecule has 0 unspecified atom stereocenters. The minimum absolute atomic E-state index is 0. The zero-order chi connectivity index (χ0) is 20.2. The van der Waals surface area contributed by atoms with Gasteiger partial charge in [-0.2, -0.15) is 0 Å². The quantitative estimate of drug-likeness (QED) is 0.105. The van der Waals surface area contributed by atoms with Crippen molar-refractivity contribution in [3.8, 4) is 5.75 Å². The fourth-order valence-corrected chi connectivity index (χ4v) is 2.74. The average molecular weight is 514 g/mol. The molecule has 0 fully saturated rings. The molecular weight excluding hydrogens is 487 g/mol. The van der Waals surface area contributed by atoms with Gasteiger partial charge < -0.3 is 33.5 Å². The summed E-state index contributed by atoms with van der Waals surface area (Å²) in [5, 5.41) is 10.7. The second-order valence-corrected chi connectivity index (χ2v) is 6.62. The zero-order valence-corrected chi connectivity index (χ0v) is 18.7. The smallest absolute Gasteiger partial charge is 0.344 e. The Kier molecular flexibility index (Phi) is 11.9. The van der Waals surface area contributed by atoms with Gasteiger partial charge in [0.05, 0.1) is 24.2 Å². The third-order valence-corrected chi connectivity index (χ3v) is 4.24. The number of aryl methyl sites for hydroxylation is 1. The molecule has 0 amide bonds. The van der Waals surface area contributed by atoms with E-state index in [2.05, 4.69) is 0 Å². The van der Waals surface area contributed by atoms with Crippen molar-refractivity contribution in [2.45, 2.75) is 38.5 Å². The highest BCUT2D eigenvalue weighted by Gasteiger charge is 2.10. The highest BCUT2D eigenvalue weighted by atomic mass is 127. The van der Waals surface area contributed by atoms with Crippen molar-refractivity contribution in [1.29, 1.82) is 0 Å². The summed E-state index contributed by atoms with van der Waals surface area (Å²) in [5.74, 6) is 0.248. The molecule has 0 bridgehead atoms. The van der Waals surface area contributed by atoms with Gasteiger partial charge in [-0.1, -0.05) is 31.7 Å². The maximum Gasteiger partial charge on any atom is 0.344 e. The molecule has 0 atom stereocenters. The van der Waals surface area contributed by atoms with E-state index in [1.807, 2.05) is 23.9 Å². The van der Waals surface area contributed by atoms with Crippen molar-refractivity contribution in [1.82, 2.24) is 0 Å². The number of benzene rings is 1. The lowest BCUT2D eigenvalue weighted by Crippen LogP contribution is -3.00. The Labute approximate surface area is 188 Å². The molecule has 0 spiro atoms. The van der Waals surface area contributed by atoms with Gasteiger partial charge >= 0.3 is 5.97 Å². The summed E-state index contributed by atoms with van der Waals surface area (Å²) in [5.41, 5.74) is 0.605. The highest BCUT2D eigenvalue weighted by Crippen LogP contribution is 2.19. The first-order chi connectivity index (χ1) is 13.6. The number of pyridine rings is 1. The topological polar surface area (TPSA) is 82.5 Å². The minimum Gasteiger partial charge on any atom is -1.00 e. The van der Waals surface area contributed by atoms with Crippen molar-refractivity contribution in [3.05, 3.63) is 64.5 Å². The van der Waals surface area contributed by atoms with Crippen LogP contribution in [0, 0.1) is 10.1 Å². The van der Waals surface area contributed by atoms with Gasteiger partial charge in [0.25, 0.3) is 5.69 Å². The number of aromatic nitrogens is 1. The van der Waals surface area contributed by atoms with E-state index in [0.717, 1.165) is 38.5 Å². The molecule has 2 aromatic rings. The zero-order valence-electron chi connectivity index (χ0n) is 16.6. The summed E-state index contributed by atoms with van der Waals surface area (Å²) in [4.78, 5) is 22.2. The van der Waals surface area contributed by atoms with Gasteiger partial charge in [-0.25, -0.2) is 9.36 Å². The molecule has 0 aliphatic rings. The molecule has 7 nitrogen and oxygen atoms in total. The number of rotatable bonds is 12. The molecule has 1 aromatic carbocycles. The molecule has 0 aliphatic carbocycles. The summed E-state index contributed by atoms with van der Waals surface area (Å²) in [6.07, 6.45) is 9.59. The number of non-ortho nitro benzene ring substituents is 1. The van der Waals surface area contributed by atoms with E-state index in [9.17, 15) is 14.9 Å². The maximum absolute atomic E-state index is 11.9. The molecule has 29 heavy (non-hydrogen) atoms. The van der Waals surface area contributed by atoms with E-state index >= 15 is 0 Å². The van der Waals surface area contributed by atoms with Crippen LogP contribution in [-0.4, -0.2) is 24.1 Å². The van der Waals surface area contributed by atoms with E-state index in [1.54, 1.807) is 24.4 Å². The van der Waals surface area contributed by atoms with Crippen LogP contribution >= 0.6 is 0 Å². The Hall–Kier alpha value is -2.23. The van der Waals surface area contributed by atoms with Crippen LogP contribution in [0.1, 0.15) is 48.9 Å². The Morgan fingerprint density at radius 2 is 1.72 bits per heavy atom. The number of ether oxygens (including phenoxy) is 2. The third-order valence-electron chi connectivity index (χ3n) is 4.24. The van der Waals surface area contributed by atoms with Crippen LogP contribution in [0.5, 0.6) is 5.75 Å². The second-order valence-electron chi connectivity index (χ2n) is 6.62. The molecule has 0 aliphatic heterocycles. The van der Waals surface area contributed by atoms with E-state index in [4.69, 9.17) is 9.47 Å². The van der Waals surface area contributed by atoms with E-state index in [0.29, 0.717) is 24.5 Å². The molecule has 1 heterocycles. The molecule has 8 heteroatoms. The largest absolute Gasteiger partial charge is 1.00 e. The van der Waals surface area contributed by atoms with E-state index < -0.39 is 4.92 Å². The van der Waals surface area contributed by atoms with Crippen LogP contribution in [0.4, 0.5) is 5.69 Å². The minimum atomic E-state index is -0.427. The van der Waals surface area contributed by atoms with Crippen LogP contribution in [0.2, 0.25) is 0 Å². The van der Waals surface area contributed by atoms with Crippen LogP contribution < -0.4 is 33.3 Å². The maximum atomic E-state index is 11.9. The summed E-state index contributed by atoms with van der Waals surface area (Å²) in [7, 11) is 1.87. The Bertz CT molecular complexity index is 785. The lowest BCUT2D eigenvalue weighted by molar-refractivity contribution is -0.671. The van der Waals surface area contributed by atoms with Gasteiger partial charge in [0, 0.05) is 12.1 Å². The predicted octanol–water partition coefficient (Wildman–Crippen LogP) is 1.000. The fraction of sp³-hybridized carbons (Fsp3) is 0.429. The number of esters is 1. The number of hydrogen-bond acceptors (Lipinski definition) is 5. The number of nitro benzene ring substituents is 1. The first-order valence-corrected chi connectivity index (χ1v) is 9.56. The average Bonchev–Trinajstić information content (AvgIpc) is 2.69. The number of carbonyl (C=O) groups is 1. The van der Waals surface area contributed by atoms with Crippen molar-refractivity contribution >= 4 is 11.7 Å². The third kappa shape index (κ3) is 9.69. The number of hydrogen-bond donors (Lipinski definition) is 0. The molecule has 2 rings (SSSR count). The Balaban J connectivity index is 0.00000420. The normalized spacial score (nSPS) is 10.1. The van der Waals surface area contributed by atoms with Crippen molar-refractivity contribution in [3.63, 3.8) is 0 Å². The molecule has 0 saturated carbocycles. The monoisotopic (exact) mass is 514 g/mol. The van der Waals surface area contributed by atoms with Gasteiger partial charge in [-0.05, 0) is 25.0 Å². The van der Waals surface area contributed by atoms with E-state index in [1.165, 1.54) is 12.1 Å². The fourth-order valence-electron chi connectivity index (χ4n) is 2.74. The molecule has 0 saturated heterocycles. The number of halogens is 1. The number of nitrogens with zero attached hydrogens (tertiary/aromatic N) is 2. The molecule has 1 aromatic heterocycles. The first kappa shape index (κ1) is 24.8. The standard InChI is InChI=1S/C21H27N2O5.HI/c1-22-13-9-10-18(17-22)21(24)28-15-7-5-3-2-4-6-14-27-20-12-8-11-19(16-20)23(25)26;/h8-13,16-17H,2-7,14-15H2,1H3;1H/q+1;/p-1. The van der Waals surface area contributed by atoms with Crippen LogP contribution in [0.3, 0.4) is 0 Å². The van der Waals surface area contributed by atoms with Crippen LogP contribution in [0.25, 0.3) is 0 Å². The lowest BCUT2D eigenvalue weighted by Gasteiger charge is -2.06. The lowest BCUT2D eigenvalue weighted by atomic mass is 10.1. The van der Waals surface area contributed by atoms with Gasteiger partial charge in [0.1, 0.15) is 18.4 Å². The Morgan fingerprint density at radius 3 is 2.41 bits per heavy atom. The molecule has 0 radical (unpaired) electrons. The predicted molar refractivity (Wildman–Crippen MR) is 104 cm³/mol. The van der Waals surface area contributed by atoms with E-state index in [-0.39, 0.29) is 35.6 Å². The van der Waals surface area contributed by atoms with Crippen molar-refractivity contribution in [2.75, 3.05) is 13.2 Å². The van der Waals surface area contributed by atoms with Gasteiger partial charge in [-0.3, -0.25) is 10.1 Å². The van der Waals surface area contributed by atoms with Crippen molar-refractivity contribution in [2.24, 2.45) is 7.05 Å². The SMILES string of the molecule is C[n+]1cccc(C(=O)OCCCCCCCCOc2cccc([N+](=O)[O-])c2)c1.[I-]. The van der Waals surface area contributed by atoms with Gasteiger partial charge in [0.2, 0.25) is 0 Å². The van der Waals surface area contributed by atoms with Crippen LogP contribution in [-0.2, 0) is 11.8 Å². The highest BCUT2D eigenvalue weighted by molar-refractivity contribution is 5.88. The second kappa shape index (κ2) is 13.9. The van der Waals surface area contributed by atoms with Gasteiger partial charge in [-0.15, -0.1) is 0 Å². The van der Waals surface area contributed by atoms with Crippen molar-refractivity contribution < 1.29 is 47.7 Å². The number of unbranched alkanes of at least 4 members (excludes halogenated alkanes) is 5. The number of carbonyl (C=O) groups excluding carboxylic acids is 1. The number of nitro groups is 1. The summed E-state index contributed by atoms with van der Waals surface area (Å²) >= 11 is 0. The van der Waals surface area contributed by atoms with Crippen LogP contribution in [0.15, 0.2) is 48.8 Å². The first-order valence-electron chi connectivity index (χ1n) is 9.56. The summed E-state index contributed by atoms with van der Waals surface area (Å²) in [6.45, 7) is 0.987. The molecule has 0 N–H and O–H groups in total. The summed E-state index contributed by atoms with van der Waals surface area (Å²) in [6, 6.07) is 9.81. The Morgan fingerprint density at radius 1 is 1.03 bits per heavy atom.